The Morgan fingerprint density at radius 3 is 3.20 bits per heavy atom. The number of H-pyrrole nitrogens is 2. The first-order valence-corrected chi connectivity index (χ1v) is 6.93. The van der Waals surface area contributed by atoms with Crippen LogP contribution in [-0.2, 0) is 19.3 Å². The number of carbonyl (C=O) groups is 1. The van der Waals surface area contributed by atoms with Gasteiger partial charge in [-0.15, -0.1) is 0 Å². The lowest BCUT2D eigenvalue weighted by Gasteiger charge is -2.17. The van der Waals surface area contributed by atoms with E-state index in [1.165, 1.54) is 0 Å². The molecule has 106 valence electrons. The van der Waals surface area contributed by atoms with Gasteiger partial charge in [-0.05, 0) is 25.2 Å². The predicted molar refractivity (Wildman–Crippen MR) is 72.2 cm³/mol. The molecule has 1 aliphatic carbocycles. The summed E-state index contributed by atoms with van der Waals surface area (Å²) in [5, 5.41) is 20.3. The highest BCUT2D eigenvalue weighted by molar-refractivity contribution is 5.94. The molecule has 3 N–H and O–H groups in total. The average molecular weight is 274 g/mol. The van der Waals surface area contributed by atoms with Gasteiger partial charge in [0.25, 0.3) is 5.91 Å². The first-order valence-electron chi connectivity index (χ1n) is 6.93. The van der Waals surface area contributed by atoms with Crippen LogP contribution >= 0.6 is 0 Å². The Hall–Kier alpha value is -2.18. The van der Waals surface area contributed by atoms with Gasteiger partial charge < -0.3 is 5.32 Å². The van der Waals surface area contributed by atoms with Crippen molar-refractivity contribution in [2.24, 2.45) is 5.92 Å². The van der Waals surface area contributed by atoms with Gasteiger partial charge >= 0.3 is 0 Å². The highest BCUT2D eigenvalue weighted by atomic mass is 16.1. The van der Waals surface area contributed by atoms with E-state index >= 15 is 0 Å². The van der Waals surface area contributed by atoms with Crippen LogP contribution in [0.5, 0.6) is 0 Å². The fourth-order valence-corrected chi connectivity index (χ4v) is 2.59. The zero-order valence-electron chi connectivity index (χ0n) is 11.4. The summed E-state index contributed by atoms with van der Waals surface area (Å²) in [7, 11) is 0. The van der Waals surface area contributed by atoms with Crippen LogP contribution < -0.4 is 5.32 Å². The van der Waals surface area contributed by atoms with Gasteiger partial charge in [0, 0.05) is 24.2 Å². The molecule has 0 bridgehead atoms. The number of amides is 1. The molecule has 1 atom stereocenters. The highest BCUT2D eigenvalue weighted by Crippen LogP contribution is 2.25. The second-order valence-electron chi connectivity index (χ2n) is 5.34. The zero-order chi connectivity index (χ0) is 13.9. The van der Waals surface area contributed by atoms with Gasteiger partial charge in [-0.25, -0.2) is 0 Å². The number of rotatable bonds is 4. The minimum Gasteiger partial charge on any atom is -0.350 e. The lowest BCUT2D eigenvalue weighted by molar-refractivity contribution is 0.0948. The second-order valence-corrected chi connectivity index (χ2v) is 5.34. The summed E-state index contributed by atoms with van der Waals surface area (Å²) >= 11 is 0. The quantitative estimate of drug-likeness (QED) is 0.761. The predicted octanol–water partition coefficient (Wildman–Crippen LogP) is 0.625. The summed E-state index contributed by atoms with van der Waals surface area (Å²) in [5.74, 6) is 0.502. The van der Waals surface area contributed by atoms with Gasteiger partial charge in [-0.3, -0.25) is 9.89 Å². The van der Waals surface area contributed by atoms with Crippen LogP contribution in [-0.4, -0.2) is 38.1 Å². The third-order valence-electron chi connectivity index (χ3n) is 3.74. The van der Waals surface area contributed by atoms with Gasteiger partial charge in [0.15, 0.2) is 5.69 Å². The number of carbonyl (C=O) groups excluding carboxylic acids is 1. The van der Waals surface area contributed by atoms with E-state index in [9.17, 15) is 4.79 Å². The molecule has 20 heavy (non-hydrogen) atoms. The molecule has 0 aliphatic heterocycles. The SMILES string of the molecule is C[C@H]1CCc2[nH]nc(C(=O)NCCc3cn[nH]n3)c2C1. The standard InChI is InChI=1S/C13H18N6O/c1-8-2-3-11-10(6-8)12(18-17-11)13(20)14-5-4-9-7-15-19-16-9/h7-8H,2-6H2,1H3,(H,14,20)(H,17,18)(H,15,16,19)/t8-/m0/s1. The summed E-state index contributed by atoms with van der Waals surface area (Å²) in [6.07, 6.45) is 5.38. The zero-order valence-corrected chi connectivity index (χ0v) is 11.4. The molecule has 1 amide bonds. The van der Waals surface area contributed by atoms with Crippen LogP contribution in [0.25, 0.3) is 0 Å². The third-order valence-corrected chi connectivity index (χ3v) is 3.74. The topological polar surface area (TPSA) is 99.4 Å². The van der Waals surface area contributed by atoms with Gasteiger partial charge in [-0.1, -0.05) is 6.92 Å². The maximum Gasteiger partial charge on any atom is 0.272 e. The Balaban J connectivity index is 1.61. The molecule has 0 spiro atoms. The maximum absolute atomic E-state index is 12.2. The molecule has 7 heteroatoms. The van der Waals surface area contributed by atoms with E-state index in [1.807, 2.05) is 0 Å². The lowest BCUT2D eigenvalue weighted by atomic mass is 9.87. The summed E-state index contributed by atoms with van der Waals surface area (Å²) in [6, 6.07) is 0. The van der Waals surface area contributed by atoms with E-state index in [0.29, 0.717) is 24.6 Å². The molecule has 2 heterocycles. The van der Waals surface area contributed by atoms with Crippen molar-refractivity contribution in [3.05, 3.63) is 28.8 Å². The van der Waals surface area contributed by atoms with Gasteiger partial charge in [0.2, 0.25) is 0 Å². The van der Waals surface area contributed by atoms with E-state index in [1.54, 1.807) is 6.20 Å². The molecule has 0 saturated heterocycles. The molecule has 0 saturated carbocycles. The van der Waals surface area contributed by atoms with Crippen LogP contribution in [0.15, 0.2) is 6.20 Å². The number of aromatic nitrogens is 5. The minimum atomic E-state index is -0.111. The van der Waals surface area contributed by atoms with Crippen LogP contribution in [0.2, 0.25) is 0 Å². The molecule has 2 aromatic heterocycles. The molecule has 0 fully saturated rings. The summed E-state index contributed by atoms with van der Waals surface area (Å²) < 4.78 is 0. The van der Waals surface area contributed by atoms with Crippen molar-refractivity contribution in [1.29, 1.82) is 0 Å². The van der Waals surface area contributed by atoms with Crippen molar-refractivity contribution in [3.63, 3.8) is 0 Å². The highest BCUT2D eigenvalue weighted by Gasteiger charge is 2.24. The number of aromatic amines is 2. The fourth-order valence-electron chi connectivity index (χ4n) is 2.59. The first-order chi connectivity index (χ1) is 9.74. The van der Waals surface area contributed by atoms with E-state index < -0.39 is 0 Å². The Labute approximate surface area is 116 Å². The Morgan fingerprint density at radius 2 is 2.40 bits per heavy atom. The Bertz CT molecular complexity index is 588. The molecule has 0 unspecified atom stereocenters. The summed E-state index contributed by atoms with van der Waals surface area (Å²) in [5.41, 5.74) is 3.59. The normalized spacial score (nSPS) is 17.8. The maximum atomic E-state index is 12.2. The average Bonchev–Trinajstić information content (AvgIpc) is 3.07. The molecular formula is C13H18N6O. The molecule has 0 radical (unpaired) electrons. The van der Waals surface area contributed by atoms with Crippen LogP contribution in [0.4, 0.5) is 0 Å². The number of fused-ring (bicyclic) bond motifs is 1. The Morgan fingerprint density at radius 1 is 1.50 bits per heavy atom. The van der Waals surface area contributed by atoms with Crippen molar-refractivity contribution >= 4 is 5.91 Å². The van der Waals surface area contributed by atoms with Crippen molar-refractivity contribution in [2.75, 3.05) is 6.54 Å². The van der Waals surface area contributed by atoms with Gasteiger partial charge in [-0.2, -0.15) is 20.5 Å². The van der Waals surface area contributed by atoms with E-state index in [2.05, 4.69) is 37.8 Å². The van der Waals surface area contributed by atoms with Crippen LogP contribution in [0.3, 0.4) is 0 Å². The van der Waals surface area contributed by atoms with Crippen LogP contribution in [0, 0.1) is 5.92 Å². The fraction of sp³-hybridized carbons (Fsp3) is 0.538. The number of nitrogens with zero attached hydrogens (tertiary/aromatic N) is 3. The Kier molecular flexibility index (Phi) is 3.49. The number of nitrogens with one attached hydrogen (secondary N) is 3. The van der Waals surface area contributed by atoms with Crippen molar-refractivity contribution in [2.45, 2.75) is 32.6 Å². The second kappa shape index (κ2) is 5.44. The van der Waals surface area contributed by atoms with Crippen molar-refractivity contribution < 1.29 is 4.79 Å². The van der Waals surface area contributed by atoms with E-state index in [4.69, 9.17) is 0 Å². The largest absolute Gasteiger partial charge is 0.350 e. The van der Waals surface area contributed by atoms with Crippen molar-refractivity contribution in [1.82, 2.24) is 30.9 Å². The minimum absolute atomic E-state index is 0.111. The number of hydrogen-bond donors (Lipinski definition) is 3. The van der Waals surface area contributed by atoms with Crippen molar-refractivity contribution in [3.8, 4) is 0 Å². The molecule has 7 nitrogen and oxygen atoms in total. The molecule has 2 aromatic rings. The van der Waals surface area contributed by atoms with E-state index in [0.717, 1.165) is 36.2 Å². The van der Waals surface area contributed by atoms with Gasteiger partial charge in [0.1, 0.15) is 0 Å². The first kappa shape index (κ1) is 12.8. The number of hydrogen-bond acceptors (Lipinski definition) is 4. The van der Waals surface area contributed by atoms with Gasteiger partial charge in [0.05, 0.1) is 11.9 Å². The number of aryl methyl sites for hydroxylation is 1. The van der Waals surface area contributed by atoms with E-state index in [-0.39, 0.29) is 5.91 Å². The summed E-state index contributed by atoms with van der Waals surface area (Å²) in [6.45, 7) is 2.74. The monoisotopic (exact) mass is 274 g/mol. The molecular weight excluding hydrogens is 256 g/mol. The molecule has 3 rings (SSSR count). The molecule has 1 aliphatic rings. The van der Waals surface area contributed by atoms with Crippen LogP contribution in [0.1, 0.15) is 40.8 Å². The smallest absolute Gasteiger partial charge is 0.272 e. The lowest BCUT2D eigenvalue weighted by Crippen LogP contribution is -2.27. The third kappa shape index (κ3) is 2.56. The molecule has 0 aromatic carbocycles. The summed E-state index contributed by atoms with van der Waals surface area (Å²) in [4.78, 5) is 12.2.